The van der Waals surface area contributed by atoms with Crippen molar-refractivity contribution in [2.45, 2.75) is 52.0 Å². The zero-order valence-corrected chi connectivity index (χ0v) is 11.4. The molecule has 0 aromatic heterocycles. The van der Waals surface area contributed by atoms with E-state index in [4.69, 9.17) is 4.74 Å². The normalized spacial score (nSPS) is 20.0. The van der Waals surface area contributed by atoms with Gasteiger partial charge in [0.25, 0.3) is 11.8 Å². The molecule has 18 heavy (non-hydrogen) atoms. The number of ether oxygens (including phenoxy) is 1. The molecule has 1 aliphatic carbocycles. The standard InChI is InChI=1S/C10H13NO2.C4H10O/c12-9-6-7-10(13)11(9)8-4-2-1-3-5-8;1-3-5-4-2/h6-8H,1-5H2;3-4H2,1-2H3. The van der Waals surface area contributed by atoms with Gasteiger partial charge in [-0.15, -0.1) is 0 Å². The third-order valence-electron chi connectivity index (χ3n) is 3.19. The molecule has 2 amide bonds. The molecule has 4 nitrogen and oxygen atoms in total. The number of imide groups is 1. The van der Waals surface area contributed by atoms with Gasteiger partial charge in [0.2, 0.25) is 0 Å². The van der Waals surface area contributed by atoms with Gasteiger partial charge >= 0.3 is 0 Å². The first-order valence-corrected chi connectivity index (χ1v) is 6.83. The first-order valence-electron chi connectivity index (χ1n) is 6.83. The lowest BCUT2D eigenvalue weighted by Crippen LogP contribution is -2.41. The van der Waals surface area contributed by atoms with E-state index in [0.717, 1.165) is 38.9 Å². The van der Waals surface area contributed by atoms with Crippen LogP contribution in [0.15, 0.2) is 12.2 Å². The van der Waals surface area contributed by atoms with Crippen molar-refractivity contribution in [3.05, 3.63) is 12.2 Å². The van der Waals surface area contributed by atoms with Crippen LogP contribution in [0.5, 0.6) is 0 Å². The molecule has 0 radical (unpaired) electrons. The van der Waals surface area contributed by atoms with Gasteiger partial charge in [0.1, 0.15) is 0 Å². The fourth-order valence-electron chi connectivity index (χ4n) is 2.32. The predicted octanol–water partition coefficient (Wildman–Crippen LogP) is 2.29. The number of carbonyl (C=O) groups is 2. The van der Waals surface area contributed by atoms with Crippen molar-refractivity contribution >= 4 is 11.8 Å². The van der Waals surface area contributed by atoms with Crippen LogP contribution in [0.3, 0.4) is 0 Å². The van der Waals surface area contributed by atoms with Gasteiger partial charge in [0, 0.05) is 31.4 Å². The molecule has 0 N–H and O–H groups in total. The van der Waals surface area contributed by atoms with Crippen molar-refractivity contribution < 1.29 is 14.3 Å². The number of rotatable bonds is 3. The van der Waals surface area contributed by atoms with E-state index in [1.165, 1.54) is 23.5 Å². The van der Waals surface area contributed by atoms with Crippen molar-refractivity contribution in [3.63, 3.8) is 0 Å². The molecule has 4 heteroatoms. The van der Waals surface area contributed by atoms with Crippen molar-refractivity contribution in [1.82, 2.24) is 4.90 Å². The first-order chi connectivity index (χ1) is 8.70. The van der Waals surface area contributed by atoms with Gasteiger partial charge in [-0.2, -0.15) is 0 Å². The molecule has 1 heterocycles. The lowest BCUT2D eigenvalue weighted by Gasteiger charge is -2.29. The Morgan fingerprint density at radius 1 is 1.06 bits per heavy atom. The van der Waals surface area contributed by atoms with Crippen LogP contribution >= 0.6 is 0 Å². The highest BCUT2D eigenvalue weighted by Crippen LogP contribution is 2.24. The first kappa shape index (κ1) is 14.9. The second-order valence-corrected chi connectivity index (χ2v) is 4.45. The van der Waals surface area contributed by atoms with E-state index in [2.05, 4.69) is 0 Å². The third-order valence-corrected chi connectivity index (χ3v) is 3.19. The van der Waals surface area contributed by atoms with E-state index >= 15 is 0 Å². The van der Waals surface area contributed by atoms with E-state index in [0.29, 0.717) is 0 Å². The van der Waals surface area contributed by atoms with E-state index in [-0.39, 0.29) is 17.9 Å². The summed E-state index contributed by atoms with van der Waals surface area (Å²) in [6.07, 6.45) is 8.23. The largest absolute Gasteiger partial charge is 0.382 e. The van der Waals surface area contributed by atoms with Gasteiger partial charge in [-0.3, -0.25) is 14.5 Å². The number of nitrogens with zero attached hydrogens (tertiary/aromatic N) is 1. The van der Waals surface area contributed by atoms with E-state index in [9.17, 15) is 9.59 Å². The second-order valence-electron chi connectivity index (χ2n) is 4.45. The molecule has 0 aromatic rings. The van der Waals surface area contributed by atoms with Crippen molar-refractivity contribution in [1.29, 1.82) is 0 Å². The summed E-state index contributed by atoms with van der Waals surface area (Å²) in [6.45, 7) is 5.67. The molecule has 1 fully saturated rings. The predicted molar refractivity (Wildman–Crippen MR) is 70.0 cm³/mol. The Morgan fingerprint density at radius 2 is 1.56 bits per heavy atom. The zero-order valence-electron chi connectivity index (χ0n) is 11.4. The summed E-state index contributed by atoms with van der Waals surface area (Å²) in [6, 6.07) is 0.170. The molecule has 0 atom stereocenters. The van der Waals surface area contributed by atoms with E-state index in [1.54, 1.807) is 0 Å². The smallest absolute Gasteiger partial charge is 0.253 e. The van der Waals surface area contributed by atoms with Crippen LogP contribution in [0.2, 0.25) is 0 Å². The Bertz CT molecular complexity index is 286. The van der Waals surface area contributed by atoms with Crippen LogP contribution in [-0.2, 0) is 14.3 Å². The lowest BCUT2D eigenvalue weighted by atomic mass is 9.94. The molecule has 0 aromatic carbocycles. The van der Waals surface area contributed by atoms with E-state index < -0.39 is 0 Å². The average molecular weight is 253 g/mol. The summed E-state index contributed by atoms with van der Waals surface area (Å²) in [5.74, 6) is -0.256. The lowest BCUT2D eigenvalue weighted by molar-refractivity contribution is -0.140. The van der Waals surface area contributed by atoms with Gasteiger partial charge in [0.15, 0.2) is 0 Å². The zero-order chi connectivity index (χ0) is 13.4. The second kappa shape index (κ2) is 8.03. The quantitative estimate of drug-likeness (QED) is 0.725. The van der Waals surface area contributed by atoms with Gasteiger partial charge in [-0.05, 0) is 26.7 Å². The topological polar surface area (TPSA) is 46.6 Å². The fraction of sp³-hybridized carbons (Fsp3) is 0.714. The summed E-state index contributed by atoms with van der Waals surface area (Å²) in [5, 5.41) is 0. The van der Waals surface area contributed by atoms with E-state index in [1.807, 2.05) is 13.8 Å². The van der Waals surface area contributed by atoms with Gasteiger partial charge in [-0.1, -0.05) is 19.3 Å². The molecule has 1 aliphatic heterocycles. The monoisotopic (exact) mass is 253 g/mol. The summed E-state index contributed by atoms with van der Waals surface area (Å²) < 4.78 is 4.83. The highest BCUT2D eigenvalue weighted by molar-refractivity contribution is 6.13. The van der Waals surface area contributed by atoms with Crippen molar-refractivity contribution in [2.24, 2.45) is 0 Å². The maximum absolute atomic E-state index is 11.3. The third kappa shape index (κ3) is 4.26. The number of hydrogen-bond acceptors (Lipinski definition) is 3. The SMILES string of the molecule is CCOCC.O=C1C=CC(=O)N1C1CCCCC1. The van der Waals surface area contributed by atoms with Crippen LogP contribution in [0.4, 0.5) is 0 Å². The minimum Gasteiger partial charge on any atom is -0.382 e. The van der Waals surface area contributed by atoms with Gasteiger partial charge in [-0.25, -0.2) is 0 Å². The highest BCUT2D eigenvalue weighted by Gasteiger charge is 2.31. The molecule has 1 saturated carbocycles. The number of amides is 2. The molecule has 2 aliphatic rings. The van der Waals surface area contributed by atoms with Crippen LogP contribution < -0.4 is 0 Å². The molecular weight excluding hydrogens is 230 g/mol. The van der Waals surface area contributed by atoms with Crippen LogP contribution in [0.1, 0.15) is 46.0 Å². The maximum atomic E-state index is 11.3. The number of carbonyl (C=O) groups excluding carboxylic acids is 2. The average Bonchev–Trinajstić information content (AvgIpc) is 2.72. The summed E-state index contributed by atoms with van der Waals surface area (Å²) >= 11 is 0. The summed E-state index contributed by atoms with van der Waals surface area (Å²) in [7, 11) is 0. The van der Waals surface area contributed by atoms with Crippen LogP contribution in [0, 0.1) is 0 Å². The van der Waals surface area contributed by atoms with Crippen LogP contribution in [0.25, 0.3) is 0 Å². The Balaban J connectivity index is 0.000000280. The van der Waals surface area contributed by atoms with Crippen molar-refractivity contribution in [2.75, 3.05) is 13.2 Å². The Hall–Kier alpha value is -1.16. The molecular formula is C14H23NO3. The van der Waals surface area contributed by atoms with Crippen molar-refractivity contribution in [3.8, 4) is 0 Å². The Labute approximate surface area is 109 Å². The van der Waals surface area contributed by atoms with Gasteiger partial charge < -0.3 is 4.74 Å². The minimum absolute atomic E-state index is 0.128. The molecule has 0 spiro atoms. The summed E-state index contributed by atoms with van der Waals surface area (Å²) in [4.78, 5) is 24.0. The molecule has 2 rings (SSSR count). The molecule has 0 bridgehead atoms. The summed E-state index contributed by atoms with van der Waals surface area (Å²) in [5.41, 5.74) is 0. The maximum Gasteiger partial charge on any atom is 0.253 e. The fourth-order valence-corrected chi connectivity index (χ4v) is 2.32. The molecule has 102 valence electrons. The molecule has 0 unspecified atom stereocenters. The van der Waals surface area contributed by atoms with Crippen LogP contribution in [-0.4, -0.2) is 36.0 Å². The Morgan fingerprint density at radius 3 is 1.94 bits per heavy atom. The Kier molecular flexibility index (Phi) is 6.65. The minimum atomic E-state index is -0.128. The van der Waals surface area contributed by atoms with Gasteiger partial charge in [0.05, 0.1) is 0 Å². The number of hydrogen-bond donors (Lipinski definition) is 0. The highest BCUT2D eigenvalue weighted by atomic mass is 16.5. The molecule has 0 saturated heterocycles.